The molecule has 0 heterocycles. The SMILES string of the molecule is COc1ccc(C(C)(C)C)cc1NS(=O)(=O)c1ccc(C#N)cc1. The Morgan fingerprint density at radius 1 is 1.08 bits per heavy atom. The van der Waals surface area contributed by atoms with Crippen LogP contribution in [-0.2, 0) is 15.4 Å². The van der Waals surface area contributed by atoms with Gasteiger partial charge in [-0.1, -0.05) is 26.8 Å². The van der Waals surface area contributed by atoms with Crippen molar-refractivity contribution in [2.24, 2.45) is 0 Å². The van der Waals surface area contributed by atoms with Gasteiger partial charge in [0.25, 0.3) is 10.0 Å². The number of ether oxygens (including phenoxy) is 1. The molecular formula is C18H20N2O3S. The van der Waals surface area contributed by atoms with E-state index in [0.717, 1.165) is 5.56 Å². The molecule has 0 atom stereocenters. The molecule has 0 radical (unpaired) electrons. The summed E-state index contributed by atoms with van der Waals surface area (Å²) in [5.74, 6) is 0.445. The fourth-order valence-corrected chi connectivity index (χ4v) is 3.23. The van der Waals surface area contributed by atoms with Gasteiger partial charge in [0.1, 0.15) is 5.75 Å². The number of hydrogen-bond donors (Lipinski definition) is 1. The molecular weight excluding hydrogens is 324 g/mol. The molecule has 0 aliphatic rings. The second-order valence-electron chi connectivity index (χ2n) is 6.41. The lowest BCUT2D eigenvalue weighted by atomic mass is 9.87. The Labute approximate surface area is 142 Å². The zero-order valence-electron chi connectivity index (χ0n) is 14.1. The van der Waals surface area contributed by atoms with E-state index in [1.165, 1.54) is 31.4 Å². The average Bonchev–Trinajstić information content (AvgIpc) is 2.53. The molecule has 0 fully saturated rings. The van der Waals surface area contributed by atoms with E-state index >= 15 is 0 Å². The van der Waals surface area contributed by atoms with Crippen molar-refractivity contribution in [3.63, 3.8) is 0 Å². The molecule has 2 aromatic carbocycles. The van der Waals surface area contributed by atoms with Crippen LogP contribution in [0.4, 0.5) is 5.69 Å². The van der Waals surface area contributed by atoms with Crippen LogP contribution in [0.25, 0.3) is 0 Å². The van der Waals surface area contributed by atoms with E-state index in [1.54, 1.807) is 12.1 Å². The van der Waals surface area contributed by atoms with E-state index < -0.39 is 10.0 Å². The van der Waals surface area contributed by atoms with Crippen molar-refractivity contribution >= 4 is 15.7 Å². The highest BCUT2D eigenvalue weighted by Gasteiger charge is 2.20. The maximum absolute atomic E-state index is 12.6. The Bertz CT molecular complexity index is 874. The zero-order chi connectivity index (χ0) is 18.0. The smallest absolute Gasteiger partial charge is 0.262 e. The number of benzene rings is 2. The number of nitriles is 1. The van der Waals surface area contributed by atoms with Crippen molar-refractivity contribution in [2.45, 2.75) is 31.1 Å². The normalized spacial score (nSPS) is 11.6. The molecule has 0 spiro atoms. The molecule has 0 aliphatic heterocycles. The first-order valence-corrected chi connectivity index (χ1v) is 8.87. The van der Waals surface area contributed by atoms with Crippen LogP contribution in [0, 0.1) is 11.3 Å². The minimum Gasteiger partial charge on any atom is -0.495 e. The summed E-state index contributed by atoms with van der Waals surface area (Å²) in [7, 11) is -2.28. The van der Waals surface area contributed by atoms with Crippen molar-refractivity contribution < 1.29 is 13.2 Å². The van der Waals surface area contributed by atoms with Gasteiger partial charge in [-0.3, -0.25) is 4.72 Å². The summed E-state index contributed by atoms with van der Waals surface area (Å²) in [4.78, 5) is 0.0877. The van der Waals surface area contributed by atoms with Crippen molar-refractivity contribution in [1.82, 2.24) is 0 Å². The molecule has 0 bridgehead atoms. The third-order valence-corrected chi connectivity index (χ3v) is 4.98. The lowest BCUT2D eigenvalue weighted by Crippen LogP contribution is -2.16. The number of sulfonamides is 1. The summed E-state index contributed by atoms with van der Waals surface area (Å²) < 4.78 is 33.0. The Morgan fingerprint density at radius 3 is 2.21 bits per heavy atom. The second kappa shape index (κ2) is 6.54. The predicted octanol–water partition coefficient (Wildman–Crippen LogP) is 3.67. The molecule has 0 saturated heterocycles. The Morgan fingerprint density at radius 2 is 1.71 bits per heavy atom. The third-order valence-electron chi connectivity index (χ3n) is 3.60. The van der Waals surface area contributed by atoms with Gasteiger partial charge in [-0.15, -0.1) is 0 Å². The van der Waals surface area contributed by atoms with Gasteiger partial charge >= 0.3 is 0 Å². The predicted molar refractivity (Wildman–Crippen MR) is 93.7 cm³/mol. The van der Waals surface area contributed by atoms with Crippen molar-refractivity contribution in [2.75, 3.05) is 11.8 Å². The van der Waals surface area contributed by atoms with Gasteiger partial charge in [-0.2, -0.15) is 5.26 Å². The molecule has 24 heavy (non-hydrogen) atoms. The first-order chi connectivity index (χ1) is 11.2. The van der Waals surface area contributed by atoms with Gasteiger partial charge in [0.05, 0.1) is 29.3 Å². The van der Waals surface area contributed by atoms with E-state index in [-0.39, 0.29) is 10.3 Å². The highest BCUT2D eigenvalue weighted by atomic mass is 32.2. The van der Waals surface area contributed by atoms with Crippen molar-refractivity contribution in [1.29, 1.82) is 5.26 Å². The number of anilines is 1. The van der Waals surface area contributed by atoms with Crippen LogP contribution >= 0.6 is 0 Å². The highest BCUT2D eigenvalue weighted by molar-refractivity contribution is 7.92. The topological polar surface area (TPSA) is 79.2 Å². The molecule has 0 aromatic heterocycles. The molecule has 5 nitrogen and oxygen atoms in total. The maximum Gasteiger partial charge on any atom is 0.262 e. The molecule has 6 heteroatoms. The van der Waals surface area contributed by atoms with Gasteiger partial charge in [0.2, 0.25) is 0 Å². The summed E-state index contributed by atoms with van der Waals surface area (Å²) in [5, 5.41) is 8.81. The van der Waals surface area contributed by atoms with Crippen LogP contribution in [0.3, 0.4) is 0 Å². The summed E-state index contributed by atoms with van der Waals surface area (Å²) >= 11 is 0. The van der Waals surface area contributed by atoms with E-state index in [1.807, 2.05) is 32.9 Å². The average molecular weight is 344 g/mol. The second-order valence-corrected chi connectivity index (χ2v) is 8.09. The van der Waals surface area contributed by atoms with Gasteiger partial charge in [0.15, 0.2) is 0 Å². The molecule has 0 unspecified atom stereocenters. The molecule has 2 aromatic rings. The first kappa shape index (κ1) is 17.8. The maximum atomic E-state index is 12.6. The Hall–Kier alpha value is -2.52. The molecule has 126 valence electrons. The summed E-state index contributed by atoms with van der Waals surface area (Å²) in [6.07, 6.45) is 0. The van der Waals surface area contributed by atoms with Gasteiger partial charge in [-0.25, -0.2) is 8.42 Å². The van der Waals surface area contributed by atoms with E-state index in [0.29, 0.717) is 17.0 Å². The summed E-state index contributed by atoms with van der Waals surface area (Å²) in [6, 6.07) is 13.1. The standard InChI is InChI=1S/C18H20N2O3S/c1-18(2,3)14-7-10-17(23-4)16(11-14)20-24(21,22)15-8-5-13(12-19)6-9-15/h5-11,20H,1-4H3. The minimum absolute atomic E-state index is 0.0877. The molecule has 0 amide bonds. The number of nitrogens with zero attached hydrogens (tertiary/aromatic N) is 1. The largest absolute Gasteiger partial charge is 0.495 e. The van der Waals surface area contributed by atoms with Crippen LogP contribution in [0.5, 0.6) is 5.75 Å². The fourth-order valence-electron chi connectivity index (χ4n) is 2.17. The van der Waals surface area contributed by atoms with Crippen LogP contribution in [0.2, 0.25) is 0 Å². The van der Waals surface area contributed by atoms with Crippen LogP contribution in [0.1, 0.15) is 31.9 Å². The van der Waals surface area contributed by atoms with Crippen LogP contribution < -0.4 is 9.46 Å². The summed E-state index contributed by atoms with van der Waals surface area (Å²) in [6.45, 7) is 6.15. The quantitative estimate of drug-likeness (QED) is 0.918. The molecule has 0 aliphatic carbocycles. The number of hydrogen-bond acceptors (Lipinski definition) is 4. The number of nitrogens with one attached hydrogen (secondary N) is 1. The van der Waals surface area contributed by atoms with Crippen molar-refractivity contribution in [3.05, 3.63) is 53.6 Å². The van der Waals surface area contributed by atoms with E-state index in [2.05, 4.69) is 4.72 Å². The lowest BCUT2D eigenvalue weighted by molar-refractivity contribution is 0.416. The monoisotopic (exact) mass is 344 g/mol. The van der Waals surface area contributed by atoms with E-state index in [9.17, 15) is 8.42 Å². The fraction of sp³-hybridized carbons (Fsp3) is 0.278. The Kier molecular flexibility index (Phi) is 4.86. The van der Waals surface area contributed by atoms with Crippen LogP contribution in [-0.4, -0.2) is 15.5 Å². The number of rotatable bonds is 4. The lowest BCUT2D eigenvalue weighted by Gasteiger charge is -2.21. The highest BCUT2D eigenvalue weighted by Crippen LogP contribution is 2.32. The number of methoxy groups -OCH3 is 1. The minimum atomic E-state index is -3.77. The summed E-state index contributed by atoms with van der Waals surface area (Å²) in [5.41, 5.74) is 1.65. The van der Waals surface area contributed by atoms with Gasteiger partial charge < -0.3 is 4.74 Å². The van der Waals surface area contributed by atoms with E-state index in [4.69, 9.17) is 10.00 Å². The Balaban J connectivity index is 2.42. The third kappa shape index (κ3) is 3.87. The van der Waals surface area contributed by atoms with Crippen molar-refractivity contribution in [3.8, 4) is 11.8 Å². The molecule has 1 N–H and O–H groups in total. The first-order valence-electron chi connectivity index (χ1n) is 7.39. The molecule has 0 saturated carbocycles. The van der Waals surface area contributed by atoms with Gasteiger partial charge in [-0.05, 0) is 47.4 Å². The van der Waals surface area contributed by atoms with Crippen LogP contribution in [0.15, 0.2) is 47.4 Å². The molecule has 2 rings (SSSR count). The van der Waals surface area contributed by atoms with Gasteiger partial charge in [0, 0.05) is 0 Å². The zero-order valence-corrected chi connectivity index (χ0v) is 14.9.